The van der Waals surface area contributed by atoms with E-state index in [4.69, 9.17) is 11.6 Å². The molecule has 0 bridgehead atoms. The van der Waals surface area contributed by atoms with Gasteiger partial charge in [-0.05, 0) is 38.5 Å². The summed E-state index contributed by atoms with van der Waals surface area (Å²) < 4.78 is 0. The molecule has 1 N–H and O–H groups in total. The van der Waals surface area contributed by atoms with Crippen molar-refractivity contribution in [1.82, 2.24) is 0 Å². The van der Waals surface area contributed by atoms with Crippen LogP contribution in [0.1, 0.15) is 32.4 Å². The van der Waals surface area contributed by atoms with Crippen LogP contribution in [-0.4, -0.2) is 18.2 Å². The average molecular weight is 228 g/mol. The van der Waals surface area contributed by atoms with E-state index in [1.54, 1.807) is 6.92 Å². The van der Waals surface area contributed by atoms with E-state index in [0.29, 0.717) is 5.02 Å². The van der Waals surface area contributed by atoms with Gasteiger partial charge in [0.15, 0.2) is 0 Å². The molecule has 15 heavy (non-hydrogen) atoms. The Morgan fingerprint density at radius 3 is 2.33 bits per heavy atom. The fourth-order valence-electron chi connectivity index (χ4n) is 1.60. The average Bonchev–Trinajstić information content (AvgIpc) is 2.21. The molecule has 0 radical (unpaired) electrons. The second-order valence-corrected chi connectivity index (χ2v) is 3.97. The minimum atomic E-state index is -0.465. The van der Waals surface area contributed by atoms with Gasteiger partial charge in [0.2, 0.25) is 0 Å². The van der Waals surface area contributed by atoms with E-state index in [1.165, 1.54) is 0 Å². The number of aliphatic hydroxyl groups excluding tert-OH is 1. The normalized spacial score (nSPS) is 12.6. The molecule has 2 nitrogen and oxygen atoms in total. The van der Waals surface area contributed by atoms with Crippen LogP contribution < -0.4 is 4.90 Å². The first-order valence-electron chi connectivity index (χ1n) is 5.32. The van der Waals surface area contributed by atoms with Gasteiger partial charge in [-0.15, -0.1) is 0 Å². The Bertz CT molecular complexity index is 321. The third-order valence-electron chi connectivity index (χ3n) is 2.56. The van der Waals surface area contributed by atoms with Gasteiger partial charge in [0.1, 0.15) is 0 Å². The molecule has 84 valence electrons. The maximum absolute atomic E-state index is 9.42. The van der Waals surface area contributed by atoms with Crippen molar-refractivity contribution in [3.05, 3.63) is 28.8 Å². The Morgan fingerprint density at radius 2 is 1.93 bits per heavy atom. The second-order valence-electron chi connectivity index (χ2n) is 3.56. The van der Waals surface area contributed by atoms with E-state index in [2.05, 4.69) is 18.7 Å². The Labute approximate surface area is 96.5 Å². The zero-order valence-electron chi connectivity index (χ0n) is 9.50. The van der Waals surface area contributed by atoms with Crippen molar-refractivity contribution in [3.63, 3.8) is 0 Å². The van der Waals surface area contributed by atoms with Crippen molar-refractivity contribution in [3.8, 4) is 0 Å². The Morgan fingerprint density at radius 1 is 1.33 bits per heavy atom. The van der Waals surface area contributed by atoms with Crippen molar-refractivity contribution < 1.29 is 5.11 Å². The summed E-state index contributed by atoms with van der Waals surface area (Å²) in [6.07, 6.45) is -0.465. The molecule has 0 fully saturated rings. The van der Waals surface area contributed by atoms with Gasteiger partial charge in [-0.2, -0.15) is 0 Å². The molecule has 0 aliphatic heterocycles. The summed E-state index contributed by atoms with van der Waals surface area (Å²) in [5, 5.41) is 10.1. The molecule has 1 atom stereocenters. The summed E-state index contributed by atoms with van der Waals surface area (Å²) >= 11 is 6.17. The van der Waals surface area contributed by atoms with Crippen molar-refractivity contribution in [2.24, 2.45) is 0 Å². The van der Waals surface area contributed by atoms with E-state index in [0.717, 1.165) is 24.3 Å². The summed E-state index contributed by atoms with van der Waals surface area (Å²) in [4.78, 5) is 2.19. The molecule has 1 unspecified atom stereocenters. The van der Waals surface area contributed by atoms with Crippen LogP contribution in [0.2, 0.25) is 5.02 Å². The Hall–Kier alpha value is -0.730. The molecule has 3 heteroatoms. The van der Waals surface area contributed by atoms with Crippen LogP contribution in [0.15, 0.2) is 18.2 Å². The van der Waals surface area contributed by atoms with E-state index in [1.807, 2.05) is 18.2 Å². The molecule has 1 aromatic carbocycles. The van der Waals surface area contributed by atoms with Crippen LogP contribution in [0.5, 0.6) is 0 Å². The quantitative estimate of drug-likeness (QED) is 0.854. The molecule has 0 heterocycles. The number of hydrogen-bond donors (Lipinski definition) is 1. The van der Waals surface area contributed by atoms with Crippen LogP contribution in [0.3, 0.4) is 0 Å². The van der Waals surface area contributed by atoms with Crippen LogP contribution in [0.4, 0.5) is 5.69 Å². The van der Waals surface area contributed by atoms with Gasteiger partial charge >= 0.3 is 0 Å². The van der Waals surface area contributed by atoms with Crippen molar-refractivity contribution in [1.29, 1.82) is 0 Å². The molecular formula is C12H18ClNO. The van der Waals surface area contributed by atoms with Gasteiger partial charge in [0.05, 0.1) is 16.8 Å². The van der Waals surface area contributed by atoms with Crippen LogP contribution in [0, 0.1) is 0 Å². The molecule has 0 aromatic heterocycles. The number of halogens is 1. The lowest BCUT2D eigenvalue weighted by molar-refractivity contribution is 0.199. The third-order valence-corrected chi connectivity index (χ3v) is 2.86. The van der Waals surface area contributed by atoms with E-state index in [9.17, 15) is 5.11 Å². The highest BCUT2D eigenvalue weighted by Crippen LogP contribution is 2.28. The predicted molar refractivity (Wildman–Crippen MR) is 65.6 cm³/mol. The molecular weight excluding hydrogens is 210 g/mol. The molecule has 1 aromatic rings. The zero-order valence-corrected chi connectivity index (χ0v) is 10.3. The lowest BCUT2D eigenvalue weighted by Crippen LogP contribution is -2.22. The molecule has 0 saturated heterocycles. The minimum Gasteiger partial charge on any atom is -0.389 e. The monoisotopic (exact) mass is 227 g/mol. The lowest BCUT2D eigenvalue weighted by atomic mass is 10.1. The highest BCUT2D eigenvalue weighted by atomic mass is 35.5. The van der Waals surface area contributed by atoms with Crippen LogP contribution in [-0.2, 0) is 0 Å². The summed E-state index contributed by atoms with van der Waals surface area (Å²) in [6.45, 7) is 7.81. The fourth-order valence-corrected chi connectivity index (χ4v) is 1.91. The molecule has 0 aliphatic carbocycles. The van der Waals surface area contributed by atoms with E-state index >= 15 is 0 Å². The second kappa shape index (κ2) is 5.38. The van der Waals surface area contributed by atoms with Gasteiger partial charge in [-0.25, -0.2) is 0 Å². The molecule has 0 amide bonds. The van der Waals surface area contributed by atoms with Gasteiger partial charge in [0, 0.05) is 13.1 Å². The largest absolute Gasteiger partial charge is 0.389 e. The first kappa shape index (κ1) is 12.3. The highest BCUT2D eigenvalue weighted by molar-refractivity contribution is 6.33. The molecule has 0 saturated carbocycles. The van der Waals surface area contributed by atoms with Crippen molar-refractivity contribution in [2.75, 3.05) is 18.0 Å². The number of anilines is 1. The van der Waals surface area contributed by atoms with Gasteiger partial charge in [-0.1, -0.05) is 17.7 Å². The number of aliphatic hydroxyl groups is 1. The van der Waals surface area contributed by atoms with E-state index in [-0.39, 0.29) is 0 Å². The number of rotatable bonds is 4. The summed E-state index contributed by atoms with van der Waals surface area (Å²) in [6, 6.07) is 5.72. The van der Waals surface area contributed by atoms with Gasteiger partial charge < -0.3 is 10.0 Å². The SMILES string of the molecule is CCN(CC)c1ccc(C(C)O)cc1Cl. The smallest absolute Gasteiger partial charge is 0.0762 e. The van der Waals surface area contributed by atoms with Crippen molar-refractivity contribution in [2.45, 2.75) is 26.9 Å². The topological polar surface area (TPSA) is 23.5 Å². The first-order chi connectivity index (χ1) is 7.10. The number of benzene rings is 1. The lowest BCUT2D eigenvalue weighted by Gasteiger charge is -2.22. The minimum absolute atomic E-state index is 0.465. The highest BCUT2D eigenvalue weighted by Gasteiger charge is 2.09. The van der Waals surface area contributed by atoms with Gasteiger partial charge in [0.25, 0.3) is 0 Å². The maximum atomic E-state index is 9.42. The Kier molecular flexibility index (Phi) is 4.43. The number of nitrogens with zero attached hydrogens (tertiary/aromatic N) is 1. The van der Waals surface area contributed by atoms with Crippen LogP contribution in [0.25, 0.3) is 0 Å². The maximum Gasteiger partial charge on any atom is 0.0762 e. The van der Waals surface area contributed by atoms with Crippen LogP contribution >= 0.6 is 11.6 Å². The van der Waals surface area contributed by atoms with E-state index < -0.39 is 6.10 Å². The molecule has 0 spiro atoms. The summed E-state index contributed by atoms with van der Waals surface area (Å²) in [7, 11) is 0. The molecule has 0 aliphatic rings. The number of hydrogen-bond acceptors (Lipinski definition) is 2. The Balaban J connectivity index is 3.02. The first-order valence-corrected chi connectivity index (χ1v) is 5.70. The third kappa shape index (κ3) is 2.86. The summed E-state index contributed by atoms with van der Waals surface area (Å²) in [5.41, 5.74) is 1.89. The van der Waals surface area contributed by atoms with Crippen molar-refractivity contribution >= 4 is 17.3 Å². The fraction of sp³-hybridized carbons (Fsp3) is 0.500. The predicted octanol–water partition coefficient (Wildman–Crippen LogP) is 3.24. The zero-order chi connectivity index (χ0) is 11.4. The molecule has 1 rings (SSSR count). The summed E-state index contributed by atoms with van der Waals surface area (Å²) in [5.74, 6) is 0. The van der Waals surface area contributed by atoms with Gasteiger partial charge in [-0.3, -0.25) is 0 Å². The standard InChI is InChI=1S/C12H18ClNO/c1-4-14(5-2)12-7-6-10(9(3)15)8-11(12)13/h6-9,15H,4-5H2,1-3H3.